The van der Waals surface area contributed by atoms with Crippen molar-refractivity contribution in [2.75, 3.05) is 13.2 Å². The molecule has 9 nitrogen and oxygen atoms in total. The minimum absolute atomic E-state index is 0.184. The van der Waals surface area contributed by atoms with Crippen LogP contribution in [0, 0.1) is 6.92 Å². The number of carbonyl (C=O) groups is 1. The van der Waals surface area contributed by atoms with Crippen molar-refractivity contribution in [1.29, 1.82) is 0 Å². The van der Waals surface area contributed by atoms with Crippen LogP contribution in [0.5, 0.6) is 5.75 Å². The van der Waals surface area contributed by atoms with Crippen LogP contribution < -0.4 is 10.1 Å². The highest BCUT2D eigenvalue weighted by Crippen LogP contribution is 2.30. The molecular weight excluding hydrogens is 376 g/mol. The van der Waals surface area contributed by atoms with Crippen molar-refractivity contribution < 1.29 is 24.5 Å². The molecule has 3 N–H and O–H groups in total. The number of ether oxygens (including phenoxy) is 2. The Kier molecular flexibility index (Phi) is 6.76. The van der Waals surface area contributed by atoms with Crippen molar-refractivity contribution in [1.82, 2.24) is 14.9 Å². The fourth-order valence-electron chi connectivity index (χ4n) is 3.07. The molecule has 154 valence electrons. The van der Waals surface area contributed by atoms with Gasteiger partial charge >= 0.3 is 0 Å². The first-order valence-corrected chi connectivity index (χ1v) is 9.18. The van der Waals surface area contributed by atoms with Crippen LogP contribution in [0.2, 0.25) is 0 Å². The van der Waals surface area contributed by atoms with E-state index in [1.807, 2.05) is 18.2 Å². The quantitative estimate of drug-likeness (QED) is 0.470. The SMILES string of the molecule is C=CN=C(NC(=O)COc1ccccc1)c1ncn(C2C[C@H](O)C(CO)O2)c1C. The van der Waals surface area contributed by atoms with Gasteiger partial charge in [0.1, 0.15) is 23.8 Å². The van der Waals surface area contributed by atoms with Gasteiger partial charge in [-0.05, 0) is 19.1 Å². The van der Waals surface area contributed by atoms with Gasteiger partial charge in [-0.25, -0.2) is 9.98 Å². The molecule has 1 saturated heterocycles. The minimum Gasteiger partial charge on any atom is -0.484 e. The number of nitrogens with one attached hydrogen (secondary N) is 1. The maximum Gasteiger partial charge on any atom is 0.263 e. The van der Waals surface area contributed by atoms with Gasteiger partial charge in [-0.2, -0.15) is 0 Å². The summed E-state index contributed by atoms with van der Waals surface area (Å²) >= 11 is 0. The predicted octanol–water partition coefficient (Wildman–Crippen LogP) is 0.918. The van der Waals surface area contributed by atoms with Gasteiger partial charge in [-0.1, -0.05) is 24.8 Å². The number of amidine groups is 1. The summed E-state index contributed by atoms with van der Waals surface area (Å²) in [6.07, 6.45) is 1.32. The zero-order chi connectivity index (χ0) is 20.8. The second kappa shape index (κ2) is 9.46. The van der Waals surface area contributed by atoms with Gasteiger partial charge in [-0.15, -0.1) is 0 Å². The summed E-state index contributed by atoms with van der Waals surface area (Å²) in [5.74, 6) is 0.423. The highest BCUT2D eigenvalue weighted by Gasteiger charge is 2.35. The Labute approximate surface area is 168 Å². The molecule has 1 aliphatic heterocycles. The van der Waals surface area contributed by atoms with Gasteiger partial charge < -0.3 is 29.6 Å². The Balaban J connectivity index is 1.70. The normalized spacial score (nSPS) is 21.8. The summed E-state index contributed by atoms with van der Waals surface area (Å²) in [4.78, 5) is 20.8. The molecule has 0 aliphatic carbocycles. The first-order valence-electron chi connectivity index (χ1n) is 9.18. The lowest BCUT2D eigenvalue weighted by atomic mass is 10.2. The van der Waals surface area contributed by atoms with E-state index < -0.39 is 24.3 Å². The molecule has 1 amide bonds. The van der Waals surface area contributed by atoms with E-state index in [0.717, 1.165) is 0 Å². The molecule has 1 fully saturated rings. The number of carbonyl (C=O) groups excluding carboxylic acids is 1. The molecule has 29 heavy (non-hydrogen) atoms. The van der Waals surface area contributed by atoms with Crippen LogP contribution >= 0.6 is 0 Å². The van der Waals surface area contributed by atoms with E-state index in [-0.39, 0.29) is 19.0 Å². The van der Waals surface area contributed by atoms with E-state index in [1.165, 1.54) is 6.20 Å². The number of aliphatic hydroxyl groups excluding tert-OH is 2. The smallest absolute Gasteiger partial charge is 0.263 e. The molecule has 3 atom stereocenters. The summed E-state index contributed by atoms with van der Waals surface area (Å²) in [7, 11) is 0. The first-order chi connectivity index (χ1) is 14.0. The number of aromatic nitrogens is 2. The molecule has 1 aliphatic rings. The lowest BCUT2D eigenvalue weighted by molar-refractivity contribution is -0.121. The molecule has 2 heterocycles. The van der Waals surface area contributed by atoms with Gasteiger partial charge in [0.2, 0.25) is 0 Å². The first kappa shape index (κ1) is 20.7. The molecule has 0 bridgehead atoms. The fourth-order valence-corrected chi connectivity index (χ4v) is 3.07. The topological polar surface area (TPSA) is 118 Å². The third kappa shape index (κ3) is 4.89. The van der Waals surface area contributed by atoms with Gasteiger partial charge in [0.15, 0.2) is 12.4 Å². The third-order valence-corrected chi connectivity index (χ3v) is 4.55. The molecule has 1 aromatic heterocycles. The molecule has 1 aromatic carbocycles. The lowest BCUT2D eigenvalue weighted by Gasteiger charge is -2.15. The number of rotatable bonds is 7. The molecule has 2 aromatic rings. The number of benzene rings is 1. The number of aliphatic hydroxyl groups is 2. The van der Waals surface area contributed by atoms with Crippen molar-refractivity contribution in [2.24, 2.45) is 4.99 Å². The maximum atomic E-state index is 12.3. The van der Waals surface area contributed by atoms with E-state index in [0.29, 0.717) is 23.6 Å². The molecule has 2 unspecified atom stereocenters. The highest BCUT2D eigenvalue weighted by atomic mass is 16.5. The van der Waals surface area contributed by atoms with Crippen LogP contribution in [0.25, 0.3) is 0 Å². The number of hydrogen-bond acceptors (Lipinski definition) is 7. The Morgan fingerprint density at radius 2 is 2.24 bits per heavy atom. The minimum atomic E-state index is -0.758. The number of amides is 1. The summed E-state index contributed by atoms with van der Waals surface area (Å²) in [6, 6.07) is 9.01. The second-order valence-electron chi connectivity index (χ2n) is 6.51. The van der Waals surface area contributed by atoms with Crippen LogP contribution in [0.3, 0.4) is 0 Å². The van der Waals surface area contributed by atoms with Crippen LogP contribution in [-0.4, -0.2) is 56.9 Å². The zero-order valence-electron chi connectivity index (χ0n) is 16.1. The highest BCUT2D eigenvalue weighted by molar-refractivity contribution is 6.08. The van der Waals surface area contributed by atoms with Crippen LogP contribution in [0.1, 0.15) is 24.0 Å². The Hall–Kier alpha value is -3.01. The largest absolute Gasteiger partial charge is 0.484 e. The van der Waals surface area contributed by atoms with Crippen molar-refractivity contribution in [3.05, 3.63) is 60.8 Å². The Morgan fingerprint density at radius 1 is 1.48 bits per heavy atom. The number of para-hydroxylation sites is 1. The summed E-state index contributed by atoms with van der Waals surface area (Å²) < 4.78 is 12.8. The van der Waals surface area contributed by atoms with E-state index in [4.69, 9.17) is 9.47 Å². The third-order valence-electron chi connectivity index (χ3n) is 4.55. The van der Waals surface area contributed by atoms with Crippen molar-refractivity contribution in [3.63, 3.8) is 0 Å². The average molecular weight is 400 g/mol. The van der Waals surface area contributed by atoms with Gasteiger partial charge in [0.25, 0.3) is 5.91 Å². The molecule has 3 rings (SSSR count). The van der Waals surface area contributed by atoms with Gasteiger partial charge in [-0.3, -0.25) is 4.79 Å². The van der Waals surface area contributed by atoms with Gasteiger partial charge in [0, 0.05) is 18.3 Å². The van der Waals surface area contributed by atoms with E-state index in [1.54, 1.807) is 30.0 Å². The van der Waals surface area contributed by atoms with Crippen LogP contribution in [0.4, 0.5) is 0 Å². The molecule has 0 saturated carbocycles. The fraction of sp³-hybridized carbons (Fsp3) is 0.350. The van der Waals surface area contributed by atoms with E-state index in [9.17, 15) is 15.0 Å². The van der Waals surface area contributed by atoms with Crippen LogP contribution in [0.15, 0.2) is 54.4 Å². The summed E-state index contributed by atoms with van der Waals surface area (Å²) in [5.41, 5.74) is 1.13. The average Bonchev–Trinajstić information content (AvgIpc) is 3.29. The number of nitrogens with zero attached hydrogens (tertiary/aromatic N) is 3. The van der Waals surface area contributed by atoms with Crippen LogP contribution in [-0.2, 0) is 9.53 Å². The molecule has 9 heteroatoms. The summed E-state index contributed by atoms with van der Waals surface area (Å²) in [5, 5.41) is 21.9. The number of hydrogen-bond donors (Lipinski definition) is 3. The Bertz CT molecular complexity index is 880. The Morgan fingerprint density at radius 3 is 2.90 bits per heavy atom. The molecular formula is C20H24N4O5. The monoisotopic (exact) mass is 400 g/mol. The summed E-state index contributed by atoms with van der Waals surface area (Å²) in [6.45, 7) is 4.93. The number of aliphatic imine (C=N–C) groups is 1. The number of imidazole rings is 1. The standard InChI is InChI=1S/C20H24N4O5/c1-3-21-20(23-17(27)11-28-14-7-5-4-6-8-14)19-13(2)24(12-22-19)18-9-15(26)16(10-25)29-18/h3-8,12,15-16,18,25-26H,1,9-11H2,2H3,(H,21,23,27)/t15-,16?,18?/m0/s1. The molecule has 0 spiro atoms. The van der Waals surface area contributed by atoms with Gasteiger partial charge in [0.05, 0.1) is 19.0 Å². The zero-order valence-corrected chi connectivity index (χ0v) is 16.1. The predicted molar refractivity (Wildman–Crippen MR) is 105 cm³/mol. The van der Waals surface area contributed by atoms with Crippen molar-refractivity contribution in [2.45, 2.75) is 31.8 Å². The lowest BCUT2D eigenvalue weighted by Crippen LogP contribution is -2.35. The van der Waals surface area contributed by atoms with E-state index >= 15 is 0 Å². The maximum absolute atomic E-state index is 12.3. The van der Waals surface area contributed by atoms with Crippen molar-refractivity contribution in [3.8, 4) is 5.75 Å². The molecule has 0 radical (unpaired) electrons. The van der Waals surface area contributed by atoms with E-state index in [2.05, 4.69) is 21.9 Å². The second-order valence-corrected chi connectivity index (χ2v) is 6.51. The van der Waals surface area contributed by atoms with Crippen molar-refractivity contribution >= 4 is 11.7 Å².